The van der Waals surface area contributed by atoms with Crippen LogP contribution < -0.4 is 5.32 Å². The number of allylic oxidation sites excluding steroid dienone is 1. The van der Waals surface area contributed by atoms with Gasteiger partial charge in [-0.3, -0.25) is 14.4 Å². The molecule has 0 spiro atoms. The molecule has 0 aromatic rings. The third-order valence-electron chi connectivity index (χ3n) is 9.19. The summed E-state index contributed by atoms with van der Waals surface area (Å²) in [5, 5.41) is 3.22. The molecule has 6 rings (SSSR count). The summed E-state index contributed by atoms with van der Waals surface area (Å²) in [5.41, 5.74) is -0.0870. The number of nitrogens with one attached hydrogen (secondary N) is 1. The highest BCUT2D eigenvalue weighted by atomic mass is 16.5. The number of carbonyl (C=O) groups is 3. The van der Waals surface area contributed by atoms with Crippen molar-refractivity contribution in [1.29, 1.82) is 0 Å². The molecule has 0 aromatic heterocycles. The van der Waals surface area contributed by atoms with Crippen molar-refractivity contribution in [2.45, 2.75) is 71.1 Å². The maximum absolute atomic E-state index is 13.5. The molecular weight excluding hydrogens is 416 g/mol. The topological polar surface area (TPSA) is 75.7 Å². The van der Waals surface area contributed by atoms with Gasteiger partial charge in [-0.05, 0) is 87.9 Å². The summed E-state index contributed by atoms with van der Waals surface area (Å²) in [6.45, 7) is 6.89. The number of rotatable bonds is 8. The van der Waals surface area contributed by atoms with E-state index in [4.69, 9.17) is 4.74 Å². The lowest BCUT2D eigenvalue weighted by molar-refractivity contribution is -0.158. The molecule has 2 atom stereocenters. The van der Waals surface area contributed by atoms with E-state index in [0.717, 1.165) is 36.3 Å². The van der Waals surface area contributed by atoms with Crippen molar-refractivity contribution in [3.8, 4) is 0 Å². The van der Waals surface area contributed by atoms with Crippen molar-refractivity contribution in [2.24, 2.45) is 34.5 Å². The van der Waals surface area contributed by atoms with Gasteiger partial charge in [0.05, 0.1) is 12.5 Å². The van der Waals surface area contributed by atoms with E-state index in [1.165, 1.54) is 38.5 Å². The zero-order valence-electron chi connectivity index (χ0n) is 19.9. The average Bonchev–Trinajstić information content (AvgIpc) is 3.01. The lowest BCUT2D eigenvalue weighted by atomic mass is 9.49. The van der Waals surface area contributed by atoms with Crippen LogP contribution >= 0.6 is 0 Å². The van der Waals surface area contributed by atoms with Crippen molar-refractivity contribution in [2.75, 3.05) is 19.7 Å². The molecule has 1 N–H and O–H groups in total. The van der Waals surface area contributed by atoms with Crippen molar-refractivity contribution in [3.05, 3.63) is 24.4 Å². The lowest BCUT2D eigenvalue weighted by Crippen LogP contribution is -2.51. The molecule has 180 valence electrons. The number of fused-ring (bicyclic) bond motifs is 1. The van der Waals surface area contributed by atoms with Crippen LogP contribution in [0.15, 0.2) is 24.4 Å². The number of amides is 2. The van der Waals surface area contributed by atoms with Gasteiger partial charge in [0.15, 0.2) is 0 Å². The summed E-state index contributed by atoms with van der Waals surface area (Å²) >= 11 is 0. The normalized spacial score (nSPS) is 38.6. The molecule has 33 heavy (non-hydrogen) atoms. The molecule has 1 saturated heterocycles. The molecule has 0 aromatic carbocycles. The van der Waals surface area contributed by atoms with E-state index >= 15 is 0 Å². The molecule has 6 nitrogen and oxygen atoms in total. The molecule has 1 aliphatic heterocycles. The molecule has 4 saturated carbocycles. The van der Waals surface area contributed by atoms with E-state index in [1.807, 2.05) is 6.08 Å². The minimum absolute atomic E-state index is 0.0367. The summed E-state index contributed by atoms with van der Waals surface area (Å²) in [5.74, 6) is 1.16. The van der Waals surface area contributed by atoms with E-state index in [2.05, 4.69) is 11.9 Å². The van der Waals surface area contributed by atoms with Gasteiger partial charge in [-0.15, -0.1) is 6.58 Å². The van der Waals surface area contributed by atoms with Crippen LogP contribution in [-0.2, 0) is 19.1 Å². The first kappa shape index (κ1) is 22.7. The Balaban J connectivity index is 1.33. The largest absolute Gasteiger partial charge is 0.465 e. The minimum atomic E-state index is -1.05. The molecule has 6 aliphatic rings. The molecule has 5 aliphatic carbocycles. The predicted molar refractivity (Wildman–Crippen MR) is 125 cm³/mol. The van der Waals surface area contributed by atoms with E-state index in [9.17, 15) is 14.4 Å². The predicted octanol–water partition coefficient (Wildman–Crippen LogP) is 3.97. The van der Waals surface area contributed by atoms with Gasteiger partial charge < -0.3 is 15.0 Å². The van der Waals surface area contributed by atoms with Gasteiger partial charge in [0.25, 0.3) is 0 Å². The Morgan fingerprint density at radius 1 is 1.21 bits per heavy atom. The maximum atomic E-state index is 13.5. The van der Waals surface area contributed by atoms with Gasteiger partial charge in [0.2, 0.25) is 11.8 Å². The third kappa shape index (κ3) is 3.74. The smallest absolute Gasteiger partial charge is 0.318 e. The van der Waals surface area contributed by atoms with Gasteiger partial charge in [0, 0.05) is 25.2 Å². The van der Waals surface area contributed by atoms with E-state index < -0.39 is 11.3 Å². The van der Waals surface area contributed by atoms with Crippen LogP contribution in [0, 0.1) is 34.5 Å². The number of hydrogen-bond donors (Lipinski definition) is 1. The quantitative estimate of drug-likeness (QED) is 0.445. The lowest BCUT2D eigenvalue weighted by Gasteiger charge is -2.56. The first-order valence-corrected chi connectivity index (χ1v) is 13.0. The minimum Gasteiger partial charge on any atom is -0.465 e. The van der Waals surface area contributed by atoms with Crippen LogP contribution in [0.25, 0.3) is 0 Å². The highest BCUT2D eigenvalue weighted by Crippen LogP contribution is 2.60. The van der Waals surface area contributed by atoms with Gasteiger partial charge in [0.1, 0.15) is 5.41 Å². The Hall–Kier alpha value is -2.11. The number of nitrogens with zero attached hydrogens (tertiary/aromatic N) is 1. The molecule has 0 unspecified atom stereocenters. The van der Waals surface area contributed by atoms with E-state index in [-0.39, 0.29) is 36.2 Å². The fourth-order valence-electron chi connectivity index (χ4n) is 8.39. The fourth-order valence-corrected chi connectivity index (χ4v) is 8.39. The second-order valence-corrected chi connectivity index (χ2v) is 11.4. The monoisotopic (exact) mass is 454 g/mol. The van der Waals surface area contributed by atoms with Gasteiger partial charge >= 0.3 is 5.97 Å². The molecular formula is C27H38N2O4. The molecule has 5 fully saturated rings. The molecule has 6 heteroatoms. The highest BCUT2D eigenvalue weighted by molar-refractivity contribution is 5.99. The van der Waals surface area contributed by atoms with E-state index in [1.54, 1.807) is 17.9 Å². The third-order valence-corrected chi connectivity index (χ3v) is 9.19. The SMILES string of the molecule is C=CCN1C(=O)[C@H](CC(=O)NCC23CC4CC(CC(C4)C2)C3)[C@@]2(C(=O)OCC)CCCC=C12. The van der Waals surface area contributed by atoms with Crippen molar-refractivity contribution in [3.63, 3.8) is 0 Å². The van der Waals surface area contributed by atoms with Crippen LogP contribution in [0.1, 0.15) is 71.1 Å². The Kier molecular flexibility index (Phi) is 5.90. The average molecular weight is 455 g/mol. The fraction of sp³-hybridized carbons (Fsp3) is 0.741. The standard InChI is InChI=1S/C27H38N2O4/c1-3-9-29-22-7-5-6-8-27(22,25(32)33-4-2)21(24(29)31)13-23(30)28-17-26-14-18-10-19(15-26)12-20(11-18)16-26/h3,7,18-21H,1,4-6,8-17H2,2H3,(H,28,30)/t18?,19?,20?,21-,26?,27-/m0/s1. The van der Waals surface area contributed by atoms with Crippen LogP contribution in [0.4, 0.5) is 0 Å². The summed E-state index contributed by atoms with van der Waals surface area (Å²) in [6.07, 6.45) is 13.7. The van der Waals surface area contributed by atoms with Gasteiger partial charge in [-0.25, -0.2) is 0 Å². The Morgan fingerprint density at radius 3 is 2.48 bits per heavy atom. The number of carbonyl (C=O) groups excluding carboxylic acids is 3. The zero-order valence-corrected chi connectivity index (χ0v) is 19.9. The Bertz CT molecular complexity index is 842. The van der Waals surface area contributed by atoms with Gasteiger partial charge in [-0.1, -0.05) is 12.2 Å². The number of likely N-dealkylation sites (tertiary alicyclic amines) is 1. The van der Waals surface area contributed by atoms with Crippen molar-refractivity contribution in [1.82, 2.24) is 10.2 Å². The highest BCUT2D eigenvalue weighted by Gasteiger charge is 2.62. The first-order chi connectivity index (χ1) is 15.9. The zero-order chi connectivity index (χ0) is 23.2. The van der Waals surface area contributed by atoms with Crippen LogP contribution in [0.3, 0.4) is 0 Å². The Morgan fingerprint density at radius 2 is 1.88 bits per heavy atom. The number of hydrogen-bond acceptors (Lipinski definition) is 4. The molecule has 4 bridgehead atoms. The van der Waals surface area contributed by atoms with Gasteiger partial charge in [-0.2, -0.15) is 0 Å². The summed E-state index contributed by atoms with van der Waals surface area (Å²) in [4.78, 5) is 41.6. The van der Waals surface area contributed by atoms with Crippen molar-refractivity contribution >= 4 is 17.8 Å². The van der Waals surface area contributed by atoms with Crippen LogP contribution in [0.2, 0.25) is 0 Å². The second-order valence-electron chi connectivity index (χ2n) is 11.4. The summed E-state index contributed by atoms with van der Waals surface area (Å²) in [7, 11) is 0. The van der Waals surface area contributed by atoms with Crippen molar-refractivity contribution < 1.29 is 19.1 Å². The molecule has 1 heterocycles. The van der Waals surface area contributed by atoms with Crippen LogP contribution in [-0.4, -0.2) is 42.4 Å². The molecule has 0 radical (unpaired) electrons. The first-order valence-electron chi connectivity index (χ1n) is 13.0. The van der Waals surface area contributed by atoms with Crippen LogP contribution in [0.5, 0.6) is 0 Å². The summed E-state index contributed by atoms with van der Waals surface area (Å²) in [6, 6.07) is 0. The Labute approximate surface area is 197 Å². The number of esters is 1. The maximum Gasteiger partial charge on any atom is 0.318 e. The van der Waals surface area contributed by atoms with E-state index in [0.29, 0.717) is 19.5 Å². The second kappa shape index (κ2) is 8.59. The molecule has 2 amide bonds. The number of ether oxygens (including phenoxy) is 1. The summed E-state index contributed by atoms with van der Waals surface area (Å²) < 4.78 is 5.48.